The summed E-state index contributed by atoms with van der Waals surface area (Å²) in [5.41, 5.74) is 6.00. The monoisotopic (exact) mass is 566 g/mol. The van der Waals surface area contributed by atoms with Gasteiger partial charge >= 0.3 is 6.09 Å². The number of benzene rings is 4. The van der Waals surface area contributed by atoms with Crippen molar-refractivity contribution in [1.29, 1.82) is 0 Å². The number of nitrogens with one attached hydrogen (secondary N) is 1. The zero-order valence-electron chi connectivity index (χ0n) is 24.0. The van der Waals surface area contributed by atoms with Crippen LogP contribution >= 0.6 is 0 Å². The lowest BCUT2D eigenvalue weighted by atomic mass is 9.98. The molecule has 0 saturated carbocycles. The van der Waals surface area contributed by atoms with Gasteiger partial charge in [-0.3, -0.25) is 9.69 Å². The van der Waals surface area contributed by atoms with E-state index in [-0.39, 0.29) is 31.6 Å². The maximum Gasteiger partial charge on any atom is 0.414 e. The Morgan fingerprint density at radius 2 is 1.45 bits per heavy atom. The molecule has 8 nitrogen and oxygen atoms in total. The van der Waals surface area contributed by atoms with Crippen molar-refractivity contribution in [2.75, 3.05) is 38.9 Å². The number of hydrogen-bond acceptors (Lipinski definition) is 6. The first-order valence-electron chi connectivity index (χ1n) is 13.8. The fourth-order valence-corrected chi connectivity index (χ4v) is 5.20. The molecule has 0 aliphatic heterocycles. The molecule has 0 radical (unpaired) electrons. The Balaban J connectivity index is 1.37. The normalized spacial score (nSPS) is 11.7. The minimum atomic E-state index is -0.503. The van der Waals surface area contributed by atoms with Gasteiger partial charge in [0.1, 0.15) is 23.9 Å². The largest absolute Gasteiger partial charge is 0.497 e. The van der Waals surface area contributed by atoms with E-state index in [0.717, 1.165) is 27.8 Å². The Labute approximate surface area is 245 Å². The topological polar surface area (TPSA) is 86.3 Å². The molecule has 0 unspecified atom stereocenters. The summed E-state index contributed by atoms with van der Waals surface area (Å²) in [6.45, 7) is 2.74. The Morgan fingerprint density at radius 1 is 0.810 bits per heavy atom. The summed E-state index contributed by atoms with van der Waals surface area (Å²) in [7, 11) is 3.13. The minimum absolute atomic E-state index is 0.0673. The van der Waals surface area contributed by atoms with Crippen molar-refractivity contribution in [3.8, 4) is 28.4 Å². The molecule has 8 heteroatoms. The van der Waals surface area contributed by atoms with Crippen molar-refractivity contribution in [3.05, 3.63) is 108 Å². The van der Waals surface area contributed by atoms with E-state index >= 15 is 0 Å². The molecular weight excluding hydrogens is 532 g/mol. The maximum atomic E-state index is 13.8. The first kappa shape index (κ1) is 28.5. The summed E-state index contributed by atoms with van der Waals surface area (Å²) in [4.78, 5) is 27.1. The minimum Gasteiger partial charge on any atom is -0.497 e. The lowest BCUT2D eigenvalue weighted by molar-refractivity contribution is -0.122. The molecule has 5 rings (SSSR count). The summed E-state index contributed by atoms with van der Waals surface area (Å²) < 4.78 is 22.6. The van der Waals surface area contributed by atoms with Crippen molar-refractivity contribution in [2.24, 2.45) is 0 Å². The van der Waals surface area contributed by atoms with Crippen LogP contribution in [0.3, 0.4) is 0 Å². The maximum absolute atomic E-state index is 13.8. The van der Waals surface area contributed by atoms with Gasteiger partial charge in [0.2, 0.25) is 0 Å². The lowest BCUT2D eigenvalue weighted by Gasteiger charge is -2.25. The van der Waals surface area contributed by atoms with E-state index in [2.05, 4.69) is 29.6 Å². The zero-order valence-corrected chi connectivity index (χ0v) is 24.0. The molecule has 1 aliphatic carbocycles. The Kier molecular flexibility index (Phi) is 8.92. The molecule has 2 amide bonds. The number of nitrogens with zero attached hydrogens (tertiary/aromatic N) is 1. The van der Waals surface area contributed by atoms with Crippen LogP contribution in [-0.4, -0.2) is 46.0 Å². The second-order valence-electron chi connectivity index (χ2n) is 9.81. The van der Waals surface area contributed by atoms with Gasteiger partial charge in [0.15, 0.2) is 6.61 Å². The molecule has 0 bridgehead atoms. The molecule has 4 aromatic rings. The molecule has 0 aromatic heterocycles. The first-order chi connectivity index (χ1) is 20.5. The standard InChI is InChI=1S/C34H34N2O6/c1-4-35-33(37)22-41-24-15-13-23(14-16-24)20-36(31-18-17-25(39-2)19-32(31)40-3)34(38)42-21-30-28-11-7-5-9-26(28)27-10-6-8-12-29(27)30/h5-19,30H,4,20-22H2,1-3H3,(H,35,37). The average Bonchev–Trinajstić information content (AvgIpc) is 3.35. The zero-order chi connectivity index (χ0) is 29.5. The van der Waals surface area contributed by atoms with E-state index in [1.807, 2.05) is 43.3 Å². The van der Waals surface area contributed by atoms with Gasteiger partial charge in [-0.05, 0) is 59.0 Å². The molecule has 42 heavy (non-hydrogen) atoms. The van der Waals surface area contributed by atoms with Gasteiger partial charge in [-0.1, -0.05) is 60.7 Å². The molecule has 1 aliphatic rings. The van der Waals surface area contributed by atoms with Crippen LogP contribution in [0, 0.1) is 0 Å². The van der Waals surface area contributed by atoms with Crippen LogP contribution < -0.4 is 24.4 Å². The first-order valence-corrected chi connectivity index (χ1v) is 13.8. The highest BCUT2D eigenvalue weighted by Gasteiger charge is 2.30. The average molecular weight is 567 g/mol. The lowest BCUT2D eigenvalue weighted by Crippen LogP contribution is -2.32. The Morgan fingerprint density at radius 3 is 2.07 bits per heavy atom. The molecule has 1 N–H and O–H groups in total. The van der Waals surface area contributed by atoms with Crippen molar-refractivity contribution in [2.45, 2.75) is 19.4 Å². The smallest absolute Gasteiger partial charge is 0.414 e. The van der Waals surface area contributed by atoms with Crippen molar-refractivity contribution in [1.82, 2.24) is 5.32 Å². The van der Waals surface area contributed by atoms with Gasteiger partial charge in [0, 0.05) is 18.5 Å². The molecule has 0 atom stereocenters. The number of hydrogen-bond donors (Lipinski definition) is 1. The third kappa shape index (κ3) is 6.17. The van der Waals surface area contributed by atoms with Crippen molar-refractivity contribution < 1.29 is 28.5 Å². The highest BCUT2D eigenvalue weighted by atomic mass is 16.6. The molecule has 0 spiro atoms. The molecule has 0 heterocycles. The fourth-order valence-electron chi connectivity index (χ4n) is 5.20. The molecule has 0 fully saturated rings. The van der Waals surface area contributed by atoms with E-state index < -0.39 is 6.09 Å². The van der Waals surface area contributed by atoms with Crippen LogP contribution in [0.1, 0.15) is 29.5 Å². The summed E-state index contributed by atoms with van der Waals surface area (Å²) in [6, 6.07) is 29.0. The molecule has 0 saturated heterocycles. The predicted molar refractivity (Wildman–Crippen MR) is 161 cm³/mol. The van der Waals surface area contributed by atoms with Crippen LogP contribution in [0.15, 0.2) is 91.0 Å². The van der Waals surface area contributed by atoms with Gasteiger partial charge in [-0.15, -0.1) is 0 Å². The summed E-state index contributed by atoms with van der Waals surface area (Å²) >= 11 is 0. The number of rotatable bonds is 11. The second kappa shape index (κ2) is 13.1. The number of ether oxygens (including phenoxy) is 4. The van der Waals surface area contributed by atoms with Gasteiger partial charge in [0.25, 0.3) is 5.91 Å². The van der Waals surface area contributed by atoms with E-state index in [0.29, 0.717) is 29.5 Å². The Bertz CT molecular complexity index is 1510. The van der Waals surface area contributed by atoms with Gasteiger partial charge in [-0.2, -0.15) is 0 Å². The van der Waals surface area contributed by atoms with Crippen LogP contribution in [0.2, 0.25) is 0 Å². The number of carbonyl (C=O) groups is 2. The van der Waals surface area contributed by atoms with E-state index in [1.165, 1.54) is 0 Å². The summed E-state index contributed by atoms with van der Waals surface area (Å²) in [6.07, 6.45) is -0.503. The van der Waals surface area contributed by atoms with Gasteiger partial charge in [0.05, 0.1) is 26.5 Å². The quantitative estimate of drug-likeness (QED) is 0.234. The molecule has 216 valence electrons. The number of carbonyl (C=O) groups excluding carboxylic acids is 2. The van der Waals surface area contributed by atoms with Gasteiger partial charge in [-0.25, -0.2) is 4.79 Å². The van der Waals surface area contributed by atoms with E-state index in [1.54, 1.807) is 49.5 Å². The van der Waals surface area contributed by atoms with Crippen molar-refractivity contribution in [3.63, 3.8) is 0 Å². The number of likely N-dealkylation sites (N-methyl/N-ethyl adjacent to an activating group) is 1. The number of amides is 2. The van der Waals surface area contributed by atoms with Crippen molar-refractivity contribution >= 4 is 17.7 Å². The highest BCUT2D eigenvalue weighted by Crippen LogP contribution is 2.44. The van der Waals surface area contributed by atoms with Gasteiger partial charge < -0.3 is 24.3 Å². The predicted octanol–water partition coefficient (Wildman–Crippen LogP) is 6.17. The Hall–Kier alpha value is -4.98. The number of methoxy groups -OCH3 is 2. The highest BCUT2D eigenvalue weighted by molar-refractivity contribution is 5.90. The van der Waals surface area contributed by atoms with Crippen LogP contribution in [-0.2, 0) is 16.1 Å². The second-order valence-corrected chi connectivity index (χ2v) is 9.81. The number of fused-ring (bicyclic) bond motifs is 3. The SMILES string of the molecule is CCNC(=O)COc1ccc(CN(C(=O)OCC2c3ccccc3-c3ccccc32)c2ccc(OC)cc2OC)cc1. The molecule has 4 aromatic carbocycles. The fraction of sp³-hybridized carbons (Fsp3) is 0.235. The third-order valence-corrected chi connectivity index (χ3v) is 7.24. The third-order valence-electron chi connectivity index (χ3n) is 7.24. The van der Waals surface area contributed by atoms with Crippen LogP contribution in [0.5, 0.6) is 17.2 Å². The van der Waals surface area contributed by atoms with E-state index in [4.69, 9.17) is 18.9 Å². The molecular formula is C34H34N2O6. The summed E-state index contributed by atoms with van der Waals surface area (Å²) in [5.74, 6) is 1.39. The van der Waals surface area contributed by atoms with E-state index in [9.17, 15) is 9.59 Å². The number of anilines is 1. The van der Waals surface area contributed by atoms with Crippen LogP contribution in [0.4, 0.5) is 10.5 Å². The summed E-state index contributed by atoms with van der Waals surface area (Å²) in [5, 5.41) is 2.70. The van der Waals surface area contributed by atoms with Crippen LogP contribution in [0.25, 0.3) is 11.1 Å².